The Morgan fingerprint density at radius 3 is 2.72 bits per heavy atom. The molecule has 1 aromatic rings. The molecule has 0 bridgehead atoms. The molecule has 0 spiro atoms. The fourth-order valence-corrected chi connectivity index (χ4v) is 2.77. The summed E-state index contributed by atoms with van der Waals surface area (Å²) in [6, 6.07) is 5.00. The lowest BCUT2D eigenvalue weighted by atomic mass is 10.2. The van der Waals surface area contributed by atoms with E-state index in [1.165, 1.54) is 6.07 Å². The number of benzene rings is 1. The molecule has 1 heterocycles. The highest BCUT2D eigenvalue weighted by Gasteiger charge is 2.56. The van der Waals surface area contributed by atoms with Gasteiger partial charge in [-0.15, -0.1) is 24.8 Å². The lowest BCUT2D eigenvalue weighted by molar-refractivity contribution is 0.290. The number of nitrogens with zero attached hydrogens (tertiary/aromatic N) is 1. The van der Waals surface area contributed by atoms with E-state index in [9.17, 15) is 4.39 Å². The van der Waals surface area contributed by atoms with Crippen LogP contribution in [0.4, 0.5) is 4.39 Å². The molecular formula is C12H16Cl3FN2. The van der Waals surface area contributed by atoms with Crippen molar-refractivity contribution >= 4 is 36.4 Å². The van der Waals surface area contributed by atoms with E-state index in [0.29, 0.717) is 5.92 Å². The van der Waals surface area contributed by atoms with Crippen molar-refractivity contribution in [1.29, 1.82) is 0 Å². The number of rotatable bonds is 2. The molecule has 3 rings (SSSR count). The van der Waals surface area contributed by atoms with Crippen molar-refractivity contribution < 1.29 is 4.39 Å². The van der Waals surface area contributed by atoms with Gasteiger partial charge in [-0.25, -0.2) is 4.39 Å². The van der Waals surface area contributed by atoms with Crippen molar-refractivity contribution in [2.75, 3.05) is 13.1 Å². The molecule has 1 aliphatic heterocycles. The molecular weight excluding hydrogens is 298 g/mol. The van der Waals surface area contributed by atoms with Crippen LogP contribution in [0.5, 0.6) is 0 Å². The minimum atomic E-state index is -0.342. The van der Waals surface area contributed by atoms with Crippen LogP contribution in [0.2, 0.25) is 5.02 Å². The summed E-state index contributed by atoms with van der Waals surface area (Å²) >= 11 is 5.64. The molecule has 2 atom stereocenters. The number of nitrogens with two attached hydrogens (primary N) is 1. The van der Waals surface area contributed by atoms with Crippen LogP contribution >= 0.6 is 36.4 Å². The van der Waals surface area contributed by atoms with Crippen LogP contribution in [0.3, 0.4) is 0 Å². The molecule has 2 unspecified atom stereocenters. The smallest absolute Gasteiger partial charge is 0.142 e. The Bertz CT molecular complexity index is 443. The van der Waals surface area contributed by atoms with Crippen LogP contribution in [-0.4, -0.2) is 23.5 Å². The molecule has 1 aromatic carbocycles. The molecule has 2 N–H and O–H groups in total. The number of hydrogen-bond acceptors (Lipinski definition) is 2. The van der Waals surface area contributed by atoms with Gasteiger partial charge in [0.2, 0.25) is 0 Å². The predicted octanol–water partition coefficient (Wildman–Crippen LogP) is 2.86. The normalized spacial score (nSPS) is 29.2. The number of halogens is 4. The second-order valence-corrected chi connectivity index (χ2v) is 5.46. The summed E-state index contributed by atoms with van der Waals surface area (Å²) in [6.07, 6.45) is 1.15. The van der Waals surface area contributed by atoms with Gasteiger partial charge in [0.25, 0.3) is 0 Å². The maximum absolute atomic E-state index is 13.2. The van der Waals surface area contributed by atoms with E-state index >= 15 is 0 Å². The molecule has 6 heteroatoms. The molecule has 18 heavy (non-hydrogen) atoms. The van der Waals surface area contributed by atoms with Crippen molar-refractivity contribution in [3.05, 3.63) is 34.6 Å². The molecule has 2 aliphatic rings. The summed E-state index contributed by atoms with van der Waals surface area (Å²) in [5, 5.41) is 0.184. The van der Waals surface area contributed by atoms with E-state index in [2.05, 4.69) is 4.90 Å². The Morgan fingerprint density at radius 1 is 1.44 bits per heavy atom. The number of hydrogen-bond donors (Lipinski definition) is 1. The SMILES string of the molecule is Cl.Cl.NC12CC1CN(Cc1ccc(Cl)c(F)c1)C2. The largest absolute Gasteiger partial charge is 0.324 e. The fraction of sp³-hybridized carbons (Fsp3) is 0.500. The van der Waals surface area contributed by atoms with Gasteiger partial charge >= 0.3 is 0 Å². The topological polar surface area (TPSA) is 29.3 Å². The number of piperidine rings is 1. The highest BCUT2D eigenvalue weighted by molar-refractivity contribution is 6.30. The van der Waals surface area contributed by atoms with Gasteiger partial charge in [0.1, 0.15) is 5.82 Å². The first-order valence-electron chi connectivity index (χ1n) is 5.52. The van der Waals surface area contributed by atoms with E-state index in [1.54, 1.807) is 6.07 Å². The number of likely N-dealkylation sites (tertiary alicyclic amines) is 1. The van der Waals surface area contributed by atoms with Crippen LogP contribution in [0.1, 0.15) is 12.0 Å². The minimum Gasteiger partial charge on any atom is -0.324 e. The molecule has 0 aromatic heterocycles. The second-order valence-electron chi connectivity index (χ2n) is 5.05. The predicted molar refractivity (Wildman–Crippen MR) is 76.2 cm³/mol. The van der Waals surface area contributed by atoms with Gasteiger partial charge in [-0.3, -0.25) is 4.90 Å². The third-order valence-electron chi connectivity index (χ3n) is 3.67. The first-order chi connectivity index (χ1) is 7.57. The van der Waals surface area contributed by atoms with Crippen molar-refractivity contribution in [2.24, 2.45) is 11.7 Å². The molecule has 1 aliphatic carbocycles. The van der Waals surface area contributed by atoms with E-state index in [4.69, 9.17) is 17.3 Å². The van der Waals surface area contributed by atoms with Crippen LogP contribution in [0, 0.1) is 11.7 Å². The Balaban J connectivity index is 0.000000810. The quantitative estimate of drug-likeness (QED) is 0.910. The minimum absolute atomic E-state index is 0. The Kier molecular flexibility index (Phi) is 4.90. The molecule has 2 fully saturated rings. The lowest BCUT2D eigenvalue weighted by Gasteiger charge is -2.18. The third kappa shape index (κ3) is 2.91. The summed E-state index contributed by atoms with van der Waals surface area (Å²) in [4.78, 5) is 2.29. The second kappa shape index (κ2) is 5.51. The molecule has 1 saturated carbocycles. The summed E-state index contributed by atoms with van der Waals surface area (Å²) in [5.41, 5.74) is 7.14. The Morgan fingerprint density at radius 2 is 2.17 bits per heavy atom. The lowest BCUT2D eigenvalue weighted by Crippen LogP contribution is -2.32. The standard InChI is InChI=1S/C12H14ClFN2.2ClH/c13-10-2-1-8(3-11(10)14)5-16-6-9-4-12(9,15)7-16;;/h1-3,9H,4-7,15H2;2*1H. The van der Waals surface area contributed by atoms with Crippen molar-refractivity contribution in [3.63, 3.8) is 0 Å². The highest BCUT2D eigenvalue weighted by atomic mass is 35.5. The van der Waals surface area contributed by atoms with Gasteiger partial charge in [0, 0.05) is 25.2 Å². The van der Waals surface area contributed by atoms with Crippen LogP contribution < -0.4 is 5.73 Å². The van der Waals surface area contributed by atoms with E-state index in [-0.39, 0.29) is 41.2 Å². The first-order valence-corrected chi connectivity index (χ1v) is 5.90. The Hall–Kier alpha value is -0.0600. The zero-order chi connectivity index (χ0) is 11.3. The molecule has 102 valence electrons. The van der Waals surface area contributed by atoms with Gasteiger partial charge in [-0.2, -0.15) is 0 Å². The maximum atomic E-state index is 13.2. The van der Waals surface area contributed by atoms with E-state index in [1.807, 2.05) is 6.07 Å². The number of fused-ring (bicyclic) bond motifs is 1. The highest BCUT2D eigenvalue weighted by Crippen LogP contribution is 2.47. The first kappa shape index (κ1) is 16.0. The third-order valence-corrected chi connectivity index (χ3v) is 3.97. The van der Waals surface area contributed by atoms with Gasteiger partial charge in [-0.1, -0.05) is 17.7 Å². The van der Waals surface area contributed by atoms with Gasteiger partial charge in [0.15, 0.2) is 0 Å². The maximum Gasteiger partial charge on any atom is 0.142 e. The van der Waals surface area contributed by atoms with E-state index < -0.39 is 0 Å². The van der Waals surface area contributed by atoms with Crippen molar-refractivity contribution in [3.8, 4) is 0 Å². The zero-order valence-electron chi connectivity index (χ0n) is 9.73. The van der Waals surface area contributed by atoms with Gasteiger partial charge < -0.3 is 5.73 Å². The summed E-state index contributed by atoms with van der Waals surface area (Å²) in [7, 11) is 0. The monoisotopic (exact) mass is 312 g/mol. The summed E-state index contributed by atoms with van der Waals surface area (Å²) in [5.74, 6) is 0.315. The summed E-state index contributed by atoms with van der Waals surface area (Å²) in [6.45, 7) is 2.74. The average Bonchev–Trinajstić information content (AvgIpc) is 2.72. The van der Waals surface area contributed by atoms with Crippen LogP contribution in [-0.2, 0) is 6.54 Å². The Labute approximate surface area is 123 Å². The molecule has 1 saturated heterocycles. The molecule has 0 radical (unpaired) electrons. The zero-order valence-corrected chi connectivity index (χ0v) is 12.1. The molecule has 0 amide bonds. The van der Waals surface area contributed by atoms with Gasteiger partial charge in [0.05, 0.1) is 5.02 Å². The summed E-state index contributed by atoms with van der Waals surface area (Å²) < 4.78 is 13.2. The average molecular weight is 314 g/mol. The van der Waals surface area contributed by atoms with Crippen LogP contribution in [0.15, 0.2) is 18.2 Å². The van der Waals surface area contributed by atoms with Crippen molar-refractivity contribution in [1.82, 2.24) is 4.90 Å². The van der Waals surface area contributed by atoms with Crippen molar-refractivity contribution in [2.45, 2.75) is 18.5 Å². The van der Waals surface area contributed by atoms with E-state index in [0.717, 1.165) is 31.6 Å². The van der Waals surface area contributed by atoms with Crippen LogP contribution in [0.25, 0.3) is 0 Å². The van der Waals surface area contributed by atoms with Gasteiger partial charge in [-0.05, 0) is 30.0 Å². The molecule has 2 nitrogen and oxygen atoms in total. The fourth-order valence-electron chi connectivity index (χ4n) is 2.65.